The molecule has 76 valence electrons. The lowest BCUT2D eigenvalue weighted by Crippen LogP contribution is -2.03. The van der Waals surface area contributed by atoms with Gasteiger partial charge in [-0.3, -0.25) is 4.79 Å². The van der Waals surface area contributed by atoms with Crippen molar-refractivity contribution in [3.05, 3.63) is 29.1 Å². The first-order valence-electron chi connectivity index (χ1n) is 4.37. The lowest BCUT2D eigenvalue weighted by Gasteiger charge is -2.09. The summed E-state index contributed by atoms with van der Waals surface area (Å²) in [4.78, 5) is 10.9. The van der Waals surface area contributed by atoms with Crippen molar-refractivity contribution >= 4 is 5.78 Å². The number of carbonyl (C=O) groups excluding carboxylic acids is 1. The molecule has 0 aliphatic carbocycles. The molecule has 0 aromatic heterocycles. The molecule has 0 aliphatic rings. The molecule has 3 heteroatoms. The molecule has 0 saturated heterocycles. The van der Waals surface area contributed by atoms with Crippen molar-refractivity contribution in [2.24, 2.45) is 0 Å². The van der Waals surface area contributed by atoms with Crippen LogP contribution in [0.5, 0.6) is 5.75 Å². The van der Waals surface area contributed by atoms with Gasteiger partial charge in [0.1, 0.15) is 17.3 Å². The Morgan fingerprint density at radius 2 is 2.14 bits per heavy atom. The van der Waals surface area contributed by atoms with Crippen molar-refractivity contribution in [2.45, 2.75) is 20.3 Å². The van der Waals surface area contributed by atoms with Crippen molar-refractivity contribution in [1.82, 2.24) is 0 Å². The molecule has 0 fully saturated rings. The van der Waals surface area contributed by atoms with Crippen LogP contribution < -0.4 is 4.74 Å². The lowest BCUT2D eigenvalue weighted by molar-refractivity contribution is -0.116. The van der Waals surface area contributed by atoms with E-state index in [4.69, 9.17) is 4.74 Å². The Hall–Kier alpha value is -1.38. The molecule has 0 amide bonds. The molecule has 0 N–H and O–H groups in total. The smallest absolute Gasteiger partial charge is 0.134 e. The second-order valence-electron chi connectivity index (χ2n) is 3.23. The van der Waals surface area contributed by atoms with Crippen LogP contribution in [0, 0.1) is 12.7 Å². The van der Waals surface area contributed by atoms with Crippen LogP contribution in [-0.2, 0) is 11.2 Å². The van der Waals surface area contributed by atoms with Crippen LogP contribution in [0.2, 0.25) is 0 Å². The molecule has 14 heavy (non-hydrogen) atoms. The Balaban J connectivity index is 3.18. The van der Waals surface area contributed by atoms with Gasteiger partial charge in [-0.2, -0.15) is 0 Å². The number of hydrogen-bond donors (Lipinski definition) is 0. The first-order chi connectivity index (χ1) is 6.56. The molecular weight excluding hydrogens is 183 g/mol. The molecule has 0 saturated carbocycles. The largest absolute Gasteiger partial charge is 0.496 e. The van der Waals surface area contributed by atoms with Gasteiger partial charge in [-0.05, 0) is 31.5 Å². The quantitative estimate of drug-likeness (QED) is 0.741. The topological polar surface area (TPSA) is 26.3 Å². The van der Waals surface area contributed by atoms with Crippen LogP contribution in [0.1, 0.15) is 18.1 Å². The Morgan fingerprint density at radius 3 is 2.64 bits per heavy atom. The first kappa shape index (κ1) is 10.7. The standard InChI is InChI=1S/C11H13FO2/c1-7(13)6-9-8(2)11(14-3)5-4-10(9)12/h4-5H,6H2,1-3H3. The van der Waals surface area contributed by atoms with Crippen molar-refractivity contribution < 1.29 is 13.9 Å². The van der Waals surface area contributed by atoms with E-state index in [0.717, 1.165) is 0 Å². The predicted molar refractivity (Wildman–Crippen MR) is 52.1 cm³/mol. The fourth-order valence-corrected chi connectivity index (χ4v) is 1.39. The number of Topliss-reactive ketones (excluding diaryl/α,β-unsaturated/α-hetero) is 1. The van der Waals surface area contributed by atoms with Crippen LogP contribution in [0.4, 0.5) is 4.39 Å². The summed E-state index contributed by atoms with van der Waals surface area (Å²) in [6.45, 7) is 3.19. The summed E-state index contributed by atoms with van der Waals surface area (Å²) in [7, 11) is 1.53. The average Bonchev–Trinajstić information content (AvgIpc) is 2.12. The van der Waals surface area contributed by atoms with Crippen LogP contribution >= 0.6 is 0 Å². The van der Waals surface area contributed by atoms with Gasteiger partial charge in [-0.1, -0.05) is 0 Å². The number of carbonyl (C=O) groups is 1. The monoisotopic (exact) mass is 196 g/mol. The number of methoxy groups -OCH3 is 1. The Kier molecular flexibility index (Phi) is 3.23. The summed E-state index contributed by atoms with van der Waals surface area (Å²) in [6, 6.07) is 2.89. The third-order valence-corrected chi connectivity index (χ3v) is 2.14. The average molecular weight is 196 g/mol. The number of hydrogen-bond acceptors (Lipinski definition) is 2. The number of ketones is 1. The molecule has 0 heterocycles. The normalized spacial score (nSPS) is 10.0. The molecule has 0 unspecified atom stereocenters. The van der Waals surface area contributed by atoms with Gasteiger partial charge in [0.15, 0.2) is 0 Å². The van der Waals surface area contributed by atoms with Gasteiger partial charge in [0.05, 0.1) is 7.11 Å². The minimum atomic E-state index is -0.349. The van der Waals surface area contributed by atoms with Crippen molar-refractivity contribution in [1.29, 1.82) is 0 Å². The maximum absolute atomic E-state index is 13.3. The summed E-state index contributed by atoms with van der Waals surface area (Å²) < 4.78 is 18.4. The first-order valence-corrected chi connectivity index (χ1v) is 4.37. The fraction of sp³-hybridized carbons (Fsp3) is 0.364. The van der Waals surface area contributed by atoms with Gasteiger partial charge in [-0.25, -0.2) is 4.39 Å². The molecule has 0 aliphatic heterocycles. The summed E-state index contributed by atoms with van der Waals surface area (Å²) in [5.74, 6) is 0.210. The second kappa shape index (κ2) is 4.22. The number of benzene rings is 1. The molecular formula is C11H13FO2. The van der Waals surface area contributed by atoms with E-state index in [0.29, 0.717) is 16.9 Å². The van der Waals surface area contributed by atoms with Crippen molar-refractivity contribution in [3.63, 3.8) is 0 Å². The molecule has 1 aromatic rings. The van der Waals surface area contributed by atoms with Crippen LogP contribution in [0.15, 0.2) is 12.1 Å². The number of rotatable bonds is 3. The third kappa shape index (κ3) is 2.10. The Labute approximate surface area is 82.7 Å². The van der Waals surface area contributed by atoms with Crippen LogP contribution in [-0.4, -0.2) is 12.9 Å². The molecule has 0 atom stereocenters. The van der Waals surface area contributed by atoms with Gasteiger partial charge in [-0.15, -0.1) is 0 Å². The molecule has 2 nitrogen and oxygen atoms in total. The summed E-state index contributed by atoms with van der Waals surface area (Å²) >= 11 is 0. The third-order valence-electron chi connectivity index (χ3n) is 2.14. The second-order valence-corrected chi connectivity index (χ2v) is 3.23. The maximum atomic E-state index is 13.3. The van der Waals surface area contributed by atoms with E-state index in [2.05, 4.69) is 0 Å². The van der Waals surface area contributed by atoms with Gasteiger partial charge in [0.25, 0.3) is 0 Å². The zero-order valence-corrected chi connectivity index (χ0v) is 8.56. The summed E-state index contributed by atoms with van der Waals surface area (Å²) in [5.41, 5.74) is 1.12. The zero-order valence-electron chi connectivity index (χ0n) is 8.56. The van der Waals surface area contributed by atoms with E-state index in [9.17, 15) is 9.18 Å². The van der Waals surface area contributed by atoms with E-state index < -0.39 is 0 Å². The van der Waals surface area contributed by atoms with Gasteiger partial charge in [0, 0.05) is 12.0 Å². The van der Waals surface area contributed by atoms with Gasteiger partial charge in [0.2, 0.25) is 0 Å². The predicted octanol–water partition coefficient (Wildman–Crippen LogP) is 2.27. The number of ether oxygens (including phenoxy) is 1. The molecule has 0 spiro atoms. The highest BCUT2D eigenvalue weighted by molar-refractivity contribution is 5.78. The number of halogens is 1. The highest BCUT2D eigenvalue weighted by atomic mass is 19.1. The Morgan fingerprint density at radius 1 is 1.50 bits per heavy atom. The van der Waals surface area contributed by atoms with E-state index in [1.165, 1.54) is 20.1 Å². The molecule has 0 radical (unpaired) electrons. The van der Waals surface area contributed by atoms with Gasteiger partial charge >= 0.3 is 0 Å². The molecule has 1 rings (SSSR count). The van der Waals surface area contributed by atoms with Gasteiger partial charge < -0.3 is 4.74 Å². The Bertz CT molecular complexity index is 359. The SMILES string of the molecule is COc1ccc(F)c(CC(C)=O)c1C. The van der Waals surface area contributed by atoms with E-state index in [-0.39, 0.29) is 18.0 Å². The minimum absolute atomic E-state index is 0.0553. The van der Waals surface area contributed by atoms with E-state index >= 15 is 0 Å². The summed E-state index contributed by atoms with van der Waals surface area (Å²) in [5, 5.41) is 0. The lowest BCUT2D eigenvalue weighted by atomic mass is 10.0. The fourth-order valence-electron chi connectivity index (χ4n) is 1.39. The summed E-state index contributed by atoms with van der Waals surface area (Å²) in [6.07, 6.45) is 0.120. The minimum Gasteiger partial charge on any atom is -0.496 e. The maximum Gasteiger partial charge on any atom is 0.134 e. The highest BCUT2D eigenvalue weighted by Crippen LogP contribution is 2.24. The van der Waals surface area contributed by atoms with E-state index in [1.54, 1.807) is 13.0 Å². The van der Waals surface area contributed by atoms with Crippen LogP contribution in [0.3, 0.4) is 0 Å². The highest BCUT2D eigenvalue weighted by Gasteiger charge is 2.11. The zero-order chi connectivity index (χ0) is 10.7. The van der Waals surface area contributed by atoms with Crippen molar-refractivity contribution in [2.75, 3.05) is 7.11 Å². The molecule has 1 aromatic carbocycles. The molecule has 0 bridgehead atoms. The van der Waals surface area contributed by atoms with E-state index in [1.807, 2.05) is 0 Å². The van der Waals surface area contributed by atoms with Crippen LogP contribution in [0.25, 0.3) is 0 Å². The van der Waals surface area contributed by atoms with Crippen molar-refractivity contribution in [3.8, 4) is 5.75 Å².